The van der Waals surface area contributed by atoms with Gasteiger partial charge in [-0.3, -0.25) is 14.9 Å². The molecule has 0 spiro atoms. The molecule has 7 heteroatoms. The Hall–Kier alpha value is -2.15. The Morgan fingerprint density at radius 3 is 2.70 bits per heavy atom. The normalized spacial score (nSPS) is 10.4. The number of rotatable bonds is 7. The number of nitro groups is 1. The highest BCUT2D eigenvalue weighted by Gasteiger charge is 2.23. The molecular formula is C13H20N4O3. The van der Waals surface area contributed by atoms with Gasteiger partial charge >= 0.3 is 5.69 Å². The van der Waals surface area contributed by atoms with Crippen molar-refractivity contribution in [1.82, 2.24) is 10.2 Å². The fourth-order valence-electron chi connectivity index (χ4n) is 1.74. The minimum Gasteiger partial charge on any atom is -0.383 e. The Labute approximate surface area is 118 Å². The molecule has 0 aliphatic heterocycles. The van der Waals surface area contributed by atoms with E-state index in [-0.39, 0.29) is 11.3 Å². The van der Waals surface area contributed by atoms with E-state index in [0.29, 0.717) is 18.8 Å². The van der Waals surface area contributed by atoms with Gasteiger partial charge in [-0.25, -0.2) is 0 Å². The molecule has 0 fully saturated rings. The third-order valence-corrected chi connectivity index (χ3v) is 3.05. The van der Waals surface area contributed by atoms with E-state index in [4.69, 9.17) is 0 Å². The molecule has 0 unspecified atom stereocenters. The zero-order chi connectivity index (χ0) is 15.1. The van der Waals surface area contributed by atoms with E-state index in [1.165, 1.54) is 6.07 Å². The maximum Gasteiger partial charge on any atom is 0.305 e. The Morgan fingerprint density at radius 2 is 2.15 bits per heavy atom. The minimum absolute atomic E-state index is 0.0704. The lowest BCUT2D eigenvalue weighted by atomic mass is 10.1. The van der Waals surface area contributed by atoms with Crippen LogP contribution >= 0.6 is 0 Å². The van der Waals surface area contributed by atoms with Crippen LogP contribution in [0.5, 0.6) is 0 Å². The molecule has 0 heterocycles. The third kappa shape index (κ3) is 3.92. The lowest BCUT2D eigenvalue weighted by Gasteiger charge is -2.14. The van der Waals surface area contributed by atoms with Crippen molar-refractivity contribution >= 4 is 17.3 Å². The summed E-state index contributed by atoms with van der Waals surface area (Å²) in [4.78, 5) is 24.7. The Kier molecular flexibility index (Phi) is 5.92. The van der Waals surface area contributed by atoms with Crippen LogP contribution in [0.1, 0.15) is 17.3 Å². The van der Waals surface area contributed by atoms with E-state index in [1.807, 2.05) is 18.9 Å². The van der Waals surface area contributed by atoms with Crippen molar-refractivity contribution in [3.8, 4) is 0 Å². The van der Waals surface area contributed by atoms with Crippen LogP contribution in [0, 0.1) is 10.1 Å². The van der Waals surface area contributed by atoms with Crippen molar-refractivity contribution in [2.45, 2.75) is 6.92 Å². The number of nitrogens with zero attached hydrogens (tertiary/aromatic N) is 2. The Balaban J connectivity index is 2.85. The van der Waals surface area contributed by atoms with Crippen LogP contribution in [0.25, 0.3) is 0 Å². The van der Waals surface area contributed by atoms with E-state index in [9.17, 15) is 14.9 Å². The van der Waals surface area contributed by atoms with Crippen molar-refractivity contribution in [2.75, 3.05) is 39.0 Å². The van der Waals surface area contributed by atoms with Gasteiger partial charge in [-0.05, 0) is 25.7 Å². The smallest absolute Gasteiger partial charge is 0.305 e. The summed E-state index contributed by atoms with van der Waals surface area (Å²) < 4.78 is 0. The number of para-hydroxylation sites is 1. The maximum absolute atomic E-state index is 12.0. The van der Waals surface area contributed by atoms with Gasteiger partial charge in [0.05, 0.1) is 4.92 Å². The van der Waals surface area contributed by atoms with Gasteiger partial charge in [0.2, 0.25) is 0 Å². The predicted octanol–water partition coefficient (Wildman–Crippen LogP) is 1.32. The number of carbonyl (C=O) groups is 1. The van der Waals surface area contributed by atoms with Crippen LogP contribution in [0.2, 0.25) is 0 Å². The summed E-state index contributed by atoms with van der Waals surface area (Å²) >= 11 is 0. The van der Waals surface area contributed by atoms with Crippen molar-refractivity contribution < 1.29 is 9.72 Å². The monoisotopic (exact) mass is 280 g/mol. The van der Waals surface area contributed by atoms with Crippen LogP contribution in [0.15, 0.2) is 18.2 Å². The number of nitro benzene ring substituents is 1. The molecule has 0 saturated carbocycles. The molecule has 2 N–H and O–H groups in total. The molecule has 0 saturated heterocycles. The summed E-state index contributed by atoms with van der Waals surface area (Å²) in [5, 5.41) is 16.5. The number of hydrogen-bond acceptors (Lipinski definition) is 5. The number of hydrogen-bond donors (Lipinski definition) is 2. The molecule has 1 aromatic carbocycles. The molecule has 1 aromatic rings. The number of nitrogens with one attached hydrogen (secondary N) is 2. The van der Waals surface area contributed by atoms with Crippen LogP contribution < -0.4 is 10.6 Å². The van der Waals surface area contributed by atoms with Crippen molar-refractivity contribution in [1.29, 1.82) is 0 Å². The van der Waals surface area contributed by atoms with Crippen LogP contribution in [0.3, 0.4) is 0 Å². The zero-order valence-electron chi connectivity index (χ0n) is 12.0. The van der Waals surface area contributed by atoms with Gasteiger partial charge in [-0.15, -0.1) is 0 Å². The summed E-state index contributed by atoms with van der Waals surface area (Å²) in [5.41, 5.74) is 0.200. The molecule has 0 bridgehead atoms. The van der Waals surface area contributed by atoms with Gasteiger partial charge in [0.25, 0.3) is 5.91 Å². The first-order valence-corrected chi connectivity index (χ1v) is 6.43. The van der Waals surface area contributed by atoms with Crippen LogP contribution in [0.4, 0.5) is 11.4 Å². The second kappa shape index (κ2) is 7.44. The number of likely N-dealkylation sites (N-methyl/N-ethyl adjacent to an activating group) is 1. The number of anilines is 1. The quantitative estimate of drug-likeness (QED) is 0.581. The van der Waals surface area contributed by atoms with Gasteiger partial charge in [0.15, 0.2) is 0 Å². The van der Waals surface area contributed by atoms with Gasteiger partial charge in [0, 0.05) is 20.1 Å². The molecule has 7 nitrogen and oxygen atoms in total. The SMILES string of the molecule is CCN(C)CCNC(=O)c1cccc(NC)c1[N+](=O)[O-]. The van der Waals surface area contributed by atoms with E-state index >= 15 is 0 Å². The standard InChI is InChI=1S/C13H20N4O3/c1-4-16(3)9-8-15-13(18)10-6-5-7-11(14-2)12(10)17(19)20/h5-7,14H,4,8-9H2,1-3H3,(H,15,18). The molecule has 1 rings (SSSR count). The average molecular weight is 280 g/mol. The first kappa shape index (κ1) is 15.9. The molecule has 0 radical (unpaired) electrons. The van der Waals surface area contributed by atoms with Gasteiger partial charge < -0.3 is 15.5 Å². The third-order valence-electron chi connectivity index (χ3n) is 3.05. The molecule has 1 amide bonds. The topological polar surface area (TPSA) is 87.5 Å². The first-order chi connectivity index (χ1) is 9.51. The summed E-state index contributed by atoms with van der Waals surface area (Å²) in [5.74, 6) is -0.432. The number of amides is 1. The number of benzene rings is 1. The zero-order valence-corrected chi connectivity index (χ0v) is 12.0. The molecule has 0 atom stereocenters. The fourth-order valence-corrected chi connectivity index (χ4v) is 1.74. The van der Waals surface area contributed by atoms with Crippen molar-refractivity contribution in [3.05, 3.63) is 33.9 Å². The molecule has 20 heavy (non-hydrogen) atoms. The van der Waals surface area contributed by atoms with Gasteiger partial charge in [-0.1, -0.05) is 13.0 Å². The maximum atomic E-state index is 12.0. The summed E-state index contributed by atoms with van der Waals surface area (Å²) in [6, 6.07) is 4.64. The van der Waals surface area contributed by atoms with E-state index in [1.54, 1.807) is 19.2 Å². The highest BCUT2D eigenvalue weighted by atomic mass is 16.6. The lowest BCUT2D eigenvalue weighted by Crippen LogP contribution is -2.33. The molecule has 110 valence electrons. The van der Waals surface area contributed by atoms with Crippen LogP contribution in [-0.4, -0.2) is 49.5 Å². The van der Waals surface area contributed by atoms with Crippen LogP contribution in [-0.2, 0) is 0 Å². The van der Waals surface area contributed by atoms with Gasteiger partial charge in [0.1, 0.15) is 11.3 Å². The molecule has 0 aliphatic rings. The predicted molar refractivity (Wildman–Crippen MR) is 78.1 cm³/mol. The van der Waals surface area contributed by atoms with E-state index in [2.05, 4.69) is 10.6 Å². The Bertz CT molecular complexity index is 491. The Morgan fingerprint density at radius 1 is 1.45 bits per heavy atom. The largest absolute Gasteiger partial charge is 0.383 e. The molecular weight excluding hydrogens is 260 g/mol. The lowest BCUT2D eigenvalue weighted by molar-refractivity contribution is -0.384. The average Bonchev–Trinajstić information content (AvgIpc) is 2.45. The van der Waals surface area contributed by atoms with Crippen molar-refractivity contribution in [3.63, 3.8) is 0 Å². The first-order valence-electron chi connectivity index (χ1n) is 6.43. The highest BCUT2D eigenvalue weighted by Crippen LogP contribution is 2.27. The minimum atomic E-state index is -0.543. The van der Waals surface area contributed by atoms with Crippen molar-refractivity contribution in [2.24, 2.45) is 0 Å². The summed E-state index contributed by atoms with van der Waals surface area (Å²) in [6.45, 7) is 4.04. The van der Waals surface area contributed by atoms with Gasteiger partial charge in [-0.2, -0.15) is 0 Å². The van der Waals surface area contributed by atoms with E-state index in [0.717, 1.165) is 6.54 Å². The second-order valence-electron chi connectivity index (χ2n) is 4.36. The molecule has 0 aliphatic carbocycles. The van der Waals surface area contributed by atoms with E-state index < -0.39 is 10.8 Å². The second-order valence-corrected chi connectivity index (χ2v) is 4.36. The summed E-state index contributed by atoms with van der Waals surface area (Å²) in [6.07, 6.45) is 0. The summed E-state index contributed by atoms with van der Waals surface area (Å²) in [7, 11) is 3.52. The highest BCUT2D eigenvalue weighted by molar-refractivity contribution is 6.00. The number of carbonyl (C=O) groups excluding carboxylic acids is 1. The fraction of sp³-hybridized carbons (Fsp3) is 0.462. The molecule has 0 aromatic heterocycles.